The minimum atomic E-state index is -0.0512. The molecule has 0 bridgehead atoms. The molecule has 1 aromatic carbocycles. The Labute approximate surface area is 169 Å². The summed E-state index contributed by atoms with van der Waals surface area (Å²) in [4.78, 5) is 23.1. The summed E-state index contributed by atoms with van der Waals surface area (Å²) in [6.07, 6.45) is 1.88. The zero-order valence-corrected chi connectivity index (χ0v) is 17.2. The number of amides is 1. The second kappa shape index (κ2) is 9.75. The van der Waals surface area contributed by atoms with Gasteiger partial charge < -0.3 is 19.7 Å². The lowest BCUT2D eigenvalue weighted by molar-refractivity contribution is -0.118. The Kier molecular flexibility index (Phi) is 7.11. The molecule has 28 heavy (non-hydrogen) atoms. The molecule has 3 rings (SSSR count). The molecule has 2 aromatic rings. The highest BCUT2D eigenvalue weighted by Gasteiger charge is 2.23. The van der Waals surface area contributed by atoms with Crippen LogP contribution in [0.2, 0.25) is 0 Å². The predicted octanol–water partition coefficient (Wildman–Crippen LogP) is 2.51. The molecule has 1 aliphatic rings. The number of ether oxygens (including phenoxy) is 2. The molecule has 1 aliphatic heterocycles. The topological polar surface area (TPSA) is 76.6 Å². The molecule has 0 saturated carbocycles. The number of para-hydroxylation sites is 1. The number of nitrogens with zero attached hydrogens (tertiary/aromatic N) is 3. The largest absolute Gasteiger partial charge is 0.496 e. The minimum absolute atomic E-state index is 0.0512. The van der Waals surface area contributed by atoms with Gasteiger partial charge in [-0.15, -0.1) is 0 Å². The van der Waals surface area contributed by atoms with Gasteiger partial charge >= 0.3 is 0 Å². The van der Waals surface area contributed by atoms with Gasteiger partial charge in [0.2, 0.25) is 5.91 Å². The van der Waals surface area contributed by atoms with E-state index in [0.717, 1.165) is 35.2 Å². The van der Waals surface area contributed by atoms with Gasteiger partial charge in [0.15, 0.2) is 0 Å². The smallest absolute Gasteiger partial charge is 0.230 e. The Morgan fingerprint density at radius 1 is 1.29 bits per heavy atom. The van der Waals surface area contributed by atoms with Crippen LogP contribution in [0.15, 0.2) is 41.7 Å². The van der Waals surface area contributed by atoms with Crippen LogP contribution in [0.4, 0.5) is 5.82 Å². The van der Waals surface area contributed by atoms with Crippen LogP contribution in [0.1, 0.15) is 19.4 Å². The first kappa shape index (κ1) is 20.4. The Morgan fingerprint density at radius 3 is 2.79 bits per heavy atom. The maximum Gasteiger partial charge on any atom is 0.230 e. The highest BCUT2D eigenvalue weighted by atomic mass is 32.2. The maximum atomic E-state index is 12.2. The van der Waals surface area contributed by atoms with Crippen molar-refractivity contribution in [2.45, 2.75) is 37.6 Å². The first-order valence-electron chi connectivity index (χ1n) is 9.29. The van der Waals surface area contributed by atoms with Crippen LogP contribution in [-0.2, 0) is 16.1 Å². The number of thioether (sulfide) groups is 1. The first-order chi connectivity index (χ1) is 13.5. The number of carbonyl (C=O) groups excluding carboxylic acids is 1. The Balaban J connectivity index is 1.52. The summed E-state index contributed by atoms with van der Waals surface area (Å²) < 4.78 is 11.1. The van der Waals surface area contributed by atoms with Crippen molar-refractivity contribution in [3.63, 3.8) is 0 Å². The van der Waals surface area contributed by atoms with Crippen LogP contribution in [0.25, 0.3) is 0 Å². The zero-order chi connectivity index (χ0) is 19.9. The fourth-order valence-electron chi connectivity index (χ4n) is 3.18. The molecule has 1 N–H and O–H groups in total. The van der Waals surface area contributed by atoms with E-state index in [1.807, 2.05) is 30.3 Å². The molecule has 2 heterocycles. The normalized spacial score (nSPS) is 19.3. The molecule has 0 spiro atoms. The van der Waals surface area contributed by atoms with E-state index in [1.54, 1.807) is 13.4 Å². The summed E-state index contributed by atoms with van der Waals surface area (Å²) in [5.74, 6) is 1.88. The number of aromatic nitrogens is 2. The van der Waals surface area contributed by atoms with Gasteiger partial charge in [0.25, 0.3) is 0 Å². The average Bonchev–Trinajstić information content (AvgIpc) is 2.70. The van der Waals surface area contributed by atoms with Crippen LogP contribution in [0.3, 0.4) is 0 Å². The molecular weight excluding hydrogens is 376 g/mol. The number of nitrogens with one attached hydrogen (secondary N) is 1. The summed E-state index contributed by atoms with van der Waals surface area (Å²) in [6.45, 7) is 6.15. The number of methoxy groups -OCH3 is 1. The van der Waals surface area contributed by atoms with Gasteiger partial charge in [-0.1, -0.05) is 30.0 Å². The molecule has 0 radical (unpaired) electrons. The van der Waals surface area contributed by atoms with Gasteiger partial charge in [-0.05, 0) is 19.9 Å². The Bertz CT molecular complexity index is 795. The molecule has 1 saturated heterocycles. The van der Waals surface area contributed by atoms with E-state index in [-0.39, 0.29) is 18.1 Å². The van der Waals surface area contributed by atoms with E-state index in [4.69, 9.17) is 9.47 Å². The van der Waals surface area contributed by atoms with E-state index in [0.29, 0.717) is 12.3 Å². The predicted molar refractivity (Wildman–Crippen MR) is 110 cm³/mol. The molecule has 150 valence electrons. The van der Waals surface area contributed by atoms with Crippen molar-refractivity contribution in [1.82, 2.24) is 15.3 Å². The van der Waals surface area contributed by atoms with Crippen LogP contribution in [0.5, 0.6) is 5.75 Å². The highest BCUT2D eigenvalue weighted by Crippen LogP contribution is 2.23. The molecule has 1 amide bonds. The van der Waals surface area contributed by atoms with Crippen molar-refractivity contribution in [2.75, 3.05) is 30.9 Å². The minimum Gasteiger partial charge on any atom is -0.496 e. The third-order valence-corrected chi connectivity index (χ3v) is 5.32. The molecule has 2 atom stereocenters. The fourth-order valence-corrected chi connectivity index (χ4v) is 3.87. The summed E-state index contributed by atoms with van der Waals surface area (Å²) in [5, 5.41) is 3.71. The van der Waals surface area contributed by atoms with Gasteiger partial charge in [-0.2, -0.15) is 0 Å². The van der Waals surface area contributed by atoms with E-state index >= 15 is 0 Å². The Hall–Kier alpha value is -2.32. The van der Waals surface area contributed by atoms with Crippen LogP contribution in [0, 0.1) is 0 Å². The van der Waals surface area contributed by atoms with Crippen LogP contribution >= 0.6 is 11.8 Å². The molecule has 8 heteroatoms. The van der Waals surface area contributed by atoms with Crippen molar-refractivity contribution in [1.29, 1.82) is 0 Å². The third kappa shape index (κ3) is 5.59. The summed E-state index contributed by atoms with van der Waals surface area (Å²) in [5.41, 5.74) is 0.947. The SMILES string of the molecule is COc1ccccc1CNC(=O)CSc1cc(N2CC(C)OC(C)C2)ncn1. The van der Waals surface area contributed by atoms with Crippen molar-refractivity contribution in [3.05, 3.63) is 42.2 Å². The summed E-state index contributed by atoms with van der Waals surface area (Å²) in [6, 6.07) is 9.58. The second-order valence-electron chi connectivity index (χ2n) is 6.75. The number of rotatable bonds is 7. The number of hydrogen-bond donors (Lipinski definition) is 1. The number of anilines is 1. The standard InChI is InChI=1S/C20H26N4O3S/c1-14-10-24(11-15(2)27-14)18-8-20(23-13-22-18)28-12-19(25)21-9-16-6-4-5-7-17(16)26-3/h4-8,13-15H,9-12H2,1-3H3,(H,21,25). The van der Waals surface area contributed by atoms with E-state index in [9.17, 15) is 4.79 Å². The molecule has 2 unspecified atom stereocenters. The van der Waals surface area contributed by atoms with Gasteiger partial charge in [0.05, 0.1) is 25.1 Å². The first-order valence-corrected chi connectivity index (χ1v) is 10.3. The molecule has 1 aromatic heterocycles. The monoisotopic (exact) mass is 402 g/mol. The summed E-state index contributed by atoms with van der Waals surface area (Å²) in [7, 11) is 1.62. The van der Waals surface area contributed by atoms with Gasteiger partial charge in [-0.25, -0.2) is 9.97 Å². The lowest BCUT2D eigenvalue weighted by atomic mass is 10.2. The van der Waals surface area contributed by atoms with Crippen molar-refractivity contribution < 1.29 is 14.3 Å². The molecule has 0 aliphatic carbocycles. The lowest BCUT2D eigenvalue weighted by Crippen LogP contribution is -2.45. The molecule has 1 fully saturated rings. The van der Waals surface area contributed by atoms with Crippen molar-refractivity contribution in [2.24, 2.45) is 0 Å². The lowest BCUT2D eigenvalue weighted by Gasteiger charge is -2.36. The van der Waals surface area contributed by atoms with Crippen molar-refractivity contribution >= 4 is 23.5 Å². The van der Waals surface area contributed by atoms with Gasteiger partial charge in [-0.3, -0.25) is 4.79 Å². The maximum absolute atomic E-state index is 12.2. The molecule has 7 nitrogen and oxygen atoms in total. The van der Waals surface area contributed by atoms with E-state index in [2.05, 4.69) is 34.0 Å². The van der Waals surface area contributed by atoms with E-state index in [1.165, 1.54) is 11.8 Å². The number of benzene rings is 1. The summed E-state index contributed by atoms with van der Waals surface area (Å²) >= 11 is 1.40. The average molecular weight is 403 g/mol. The number of carbonyl (C=O) groups is 1. The number of morpholine rings is 1. The van der Waals surface area contributed by atoms with E-state index < -0.39 is 0 Å². The van der Waals surface area contributed by atoms with Crippen LogP contribution < -0.4 is 15.0 Å². The van der Waals surface area contributed by atoms with Crippen LogP contribution in [-0.4, -0.2) is 54.0 Å². The highest BCUT2D eigenvalue weighted by molar-refractivity contribution is 7.99. The quantitative estimate of drug-likeness (QED) is 0.563. The van der Waals surface area contributed by atoms with Crippen molar-refractivity contribution in [3.8, 4) is 5.75 Å². The fraction of sp³-hybridized carbons (Fsp3) is 0.450. The Morgan fingerprint density at radius 2 is 2.04 bits per heavy atom. The second-order valence-corrected chi connectivity index (χ2v) is 7.75. The van der Waals surface area contributed by atoms with Gasteiger partial charge in [0.1, 0.15) is 22.9 Å². The zero-order valence-electron chi connectivity index (χ0n) is 16.4. The molecular formula is C20H26N4O3S. The van der Waals surface area contributed by atoms with Gasteiger partial charge in [0, 0.05) is 31.3 Å². The number of hydrogen-bond acceptors (Lipinski definition) is 7. The third-order valence-electron chi connectivity index (χ3n) is 4.39.